The summed E-state index contributed by atoms with van der Waals surface area (Å²) in [6.07, 6.45) is 3.78. The van der Waals surface area contributed by atoms with Gasteiger partial charge in [0.2, 0.25) is 5.95 Å². The number of fused-ring (bicyclic) bond motifs is 1. The summed E-state index contributed by atoms with van der Waals surface area (Å²) in [6, 6.07) is 7.44. The van der Waals surface area contributed by atoms with Gasteiger partial charge in [0.1, 0.15) is 22.1 Å². The maximum Gasteiger partial charge on any atom is 0.264 e. The van der Waals surface area contributed by atoms with Crippen molar-refractivity contribution in [3.8, 4) is 11.4 Å². The summed E-state index contributed by atoms with van der Waals surface area (Å²) in [5.74, 6) is 1.98. The van der Waals surface area contributed by atoms with Gasteiger partial charge in [-0.05, 0) is 30.9 Å². The fourth-order valence-electron chi connectivity index (χ4n) is 3.34. The maximum atomic E-state index is 12.8. The van der Waals surface area contributed by atoms with Crippen molar-refractivity contribution >= 4 is 29.2 Å². The molecule has 1 N–H and O–H groups in total. The van der Waals surface area contributed by atoms with Crippen LogP contribution >= 0.6 is 12.2 Å². The van der Waals surface area contributed by atoms with Crippen LogP contribution in [-0.4, -0.2) is 39.7 Å². The molecular formula is C19H21N5O2S. The van der Waals surface area contributed by atoms with Crippen molar-refractivity contribution in [2.75, 3.05) is 25.1 Å². The number of hydrogen-bond donors (Lipinski definition) is 1. The van der Waals surface area contributed by atoms with Crippen LogP contribution in [0.25, 0.3) is 16.7 Å². The second-order valence-corrected chi connectivity index (χ2v) is 7.27. The van der Waals surface area contributed by atoms with Crippen molar-refractivity contribution in [2.24, 2.45) is 5.92 Å². The molecule has 7 nitrogen and oxygen atoms in total. The van der Waals surface area contributed by atoms with Crippen molar-refractivity contribution in [1.82, 2.24) is 19.5 Å². The molecule has 3 aromatic rings. The van der Waals surface area contributed by atoms with E-state index in [1.807, 2.05) is 24.3 Å². The highest BCUT2D eigenvalue weighted by Gasteiger charge is 2.19. The van der Waals surface area contributed by atoms with Gasteiger partial charge in [-0.3, -0.25) is 14.3 Å². The van der Waals surface area contributed by atoms with Gasteiger partial charge < -0.3 is 9.64 Å². The third-order valence-corrected chi connectivity index (χ3v) is 5.43. The van der Waals surface area contributed by atoms with E-state index in [9.17, 15) is 4.79 Å². The van der Waals surface area contributed by atoms with Gasteiger partial charge in [0, 0.05) is 19.2 Å². The first-order valence-corrected chi connectivity index (χ1v) is 9.38. The number of anilines is 1. The number of nitrogens with one attached hydrogen (secondary N) is 1. The average Bonchev–Trinajstić information content (AvgIpc) is 2.68. The molecule has 2 aromatic heterocycles. The normalized spacial score (nSPS) is 15.3. The smallest absolute Gasteiger partial charge is 0.264 e. The van der Waals surface area contributed by atoms with Crippen LogP contribution in [0.4, 0.5) is 5.95 Å². The fourth-order valence-corrected chi connectivity index (χ4v) is 3.67. The van der Waals surface area contributed by atoms with Gasteiger partial charge in [-0.2, -0.15) is 4.98 Å². The summed E-state index contributed by atoms with van der Waals surface area (Å²) >= 11 is 5.57. The predicted molar refractivity (Wildman–Crippen MR) is 107 cm³/mol. The molecule has 1 aromatic carbocycles. The van der Waals surface area contributed by atoms with Gasteiger partial charge >= 0.3 is 0 Å². The van der Waals surface area contributed by atoms with Crippen LogP contribution in [0.3, 0.4) is 0 Å². The van der Waals surface area contributed by atoms with Crippen LogP contribution in [0.15, 0.2) is 35.4 Å². The zero-order valence-corrected chi connectivity index (χ0v) is 16.1. The van der Waals surface area contributed by atoms with Crippen molar-refractivity contribution in [1.29, 1.82) is 0 Å². The highest BCUT2D eigenvalue weighted by molar-refractivity contribution is 7.71. The Balaban J connectivity index is 1.80. The lowest BCUT2D eigenvalue weighted by molar-refractivity contribution is 0.414. The molecule has 0 aliphatic carbocycles. The average molecular weight is 383 g/mol. The molecule has 0 amide bonds. The molecule has 27 heavy (non-hydrogen) atoms. The third-order valence-electron chi connectivity index (χ3n) is 5.03. The Morgan fingerprint density at radius 2 is 2.07 bits per heavy atom. The summed E-state index contributed by atoms with van der Waals surface area (Å²) < 4.78 is 7.33. The SMILES string of the molecule is COc1cccc(-n2cnc3nc(N4CCC(C)CC4)[nH]c(=O)c3c2=S)c1. The van der Waals surface area contributed by atoms with Crippen molar-refractivity contribution in [3.05, 3.63) is 45.6 Å². The number of hydrogen-bond acceptors (Lipinski definition) is 6. The minimum absolute atomic E-state index is 0.261. The fraction of sp³-hybridized carbons (Fsp3) is 0.368. The molecule has 140 valence electrons. The van der Waals surface area contributed by atoms with E-state index in [1.54, 1.807) is 18.0 Å². The van der Waals surface area contributed by atoms with E-state index in [-0.39, 0.29) is 5.56 Å². The van der Waals surface area contributed by atoms with Gasteiger partial charge in [-0.1, -0.05) is 25.2 Å². The Labute approximate surface area is 161 Å². The topological polar surface area (TPSA) is 76.0 Å². The number of rotatable bonds is 3. The lowest BCUT2D eigenvalue weighted by Gasteiger charge is -2.30. The molecule has 0 bridgehead atoms. The van der Waals surface area contributed by atoms with E-state index < -0.39 is 0 Å². The molecule has 0 radical (unpaired) electrons. The molecule has 4 rings (SSSR count). The first-order chi connectivity index (χ1) is 13.1. The summed E-state index contributed by atoms with van der Waals surface area (Å²) in [6.45, 7) is 4.01. The van der Waals surface area contributed by atoms with Crippen molar-refractivity contribution in [3.63, 3.8) is 0 Å². The van der Waals surface area contributed by atoms with Gasteiger partial charge in [0.05, 0.1) is 12.8 Å². The number of piperidine rings is 1. The molecule has 1 aliphatic rings. The highest BCUT2D eigenvalue weighted by Crippen LogP contribution is 2.21. The minimum atomic E-state index is -0.261. The lowest BCUT2D eigenvalue weighted by atomic mass is 10.00. The van der Waals surface area contributed by atoms with E-state index in [4.69, 9.17) is 17.0 Å². The van der Waals surface area contributed by atoms with E-state index in [0.29, 0.717) is 33.3 Å². The lowest BCUT2D eigenvalue weighted by Crippen LogP contribution is -2.35. The quantitative estimate of drug-likeness (QED) is 0.701. The Hall–Kier alpha value is -2.74. The Morgan fingerprint density at radius 3 is 2.81 bits per heavy atom. The molecule has 0 atom stereocenters. The van der Waals surface area contributed by atoms with Crippen LogP contribution in [0.1, 0.15) is 19.8 Å². The summed E-state index contributed by atoms with van der Waals surface area (Å²) in [5, 5.41) is 0.324. The van der Waals surface area contributed by atoms with Gasteiger partial charge in [0.25, 0.3) is 5.56 Å². The van der Waals surface area contributed by atoms with Crippen molar-refractivity contribution < 1.29 is 4.74 Å². The van der Waals surface area contributed by atoms with E-state index in [1.165, 1.54) is 0 Å². The van der Waals surface area contributed by atoms with Crippen LogP contribution in [-0.2, 0) is 0 Å². The Bertz CT molecular complexity index is 1100. The molecule has 8 heteroatoms. The van der Waals surface area contributed by atoms with E-state index in [0.717, 1.165) is 31.6 Å². The maximum absolute atomic E-state index is 12.8. The van der Waals surface area contributed by atoms with Crippen LogP contribution < -0.4 is 15.2 Å². The number of ether oxygens (including phenoxy) is 1. The number of nitrogens with zero attached hydrogens (tertiary/aromatic N) is 4. The second kappa shape index (κ2) is 7.11. The Morgan fingerprint density at radius 1 is 1.30 bits per heavy atom. The first kappa shape index (κ1) is 17.7. The van der Waals surface area contributed by atoms with Gasteiger partial charge in [0.15, 0.2) is 5.65 Å². The Kier molecular flexibility index (Phi) is 4.65. The number of aromatic amines is 1. The van der Waals surface area contributed by atoms with Crippen LogP contribution in [0.2, 0.25) is 0 Å². The van der Waals surface area contributed by atoms with Crippen LogP contribution in [0, 0.1) is 10.6 Å². The number of methoxy groups -OCH3 is 1. The molecule has 1 saturated heterocycles. The largest absolute Gasteiger partial charge is 0.497 e. The predicted octanol–water partition coefficient (Wildman–Crippen LogP) is 3.08. The molecule has 3 heterocycles. The number of H-pyrrole nitrogens is 1. The van der Waals surface area contributed by atoms with Gasteiger partial charge in [-0.15, -0.1) is 0 Å². The number of aromatic nitrogens is 4. The van der Waals surface area contributed by atoms with E-state index in [2.05, 4.69) is 26.8 Å². The summed E-state index contributed by atoms with van der Waals surface area (Å²) in [5.41, 5.74) is 0.891. The zero-order chi connectivity index (χ0) is 19.0. The first-order valence-electron chi connectivity index (χ1n) is 8.98. The second-order valence-electron chi connectivity index (χ2n) is 6.88. The molecule has 0 spiro atoms. The zero-order valence-electron chi connectivity index (χ0n) is 15.3. The molecule has 1 aliphatic heterocycles. The highest BCUT2D eigenvalue weighted by atomic mass is 32.1. The molecular weight excluding hydrogens is 362 g/mol. The van der Waals surface area contributed by atoms with Crippen LogP contribution in [0.5, 0.6) is 5.75 Å². The van der Waals surface area contributed by atoms with Crippen molar-refractivity contribution in [2.45, 2.75) is 19.8 Å². The number of benzene rings is 1. The minimum Gasteiger partial charge on any atom is -0.497 e. The third kappa shape index (κ3) is 3.32. The standard InChI is InChI=1S/C19H21N5O2S/c1-12-6-8-23(9-7-12)19-21-16-15(17(25)22-19)18(27)24(11-20-16)13-4-3-5-14(10-13)26-2/h3-5,10-12H,6-9H2,1-2H3,(H,21,22,25). The molecule has 0 saturated carbocycles. The molecule has 1 fully saturated rings. The summed E-state index contributed by atoms with van der Waals surface area (Å²) in [7, 11) is 1.61. The molecule has 0 unspecified atom stereocenters. The van der Waals surface area contributed by atoms with E-state index >= 15 is 0 Å². The summed E-state index contributed by atoms with van der Waals surface area (Å²) in [4.78, 5) is 26.7. The monoisotopic (exact) mass is 383 g/mol. The van der Waals surface area contributed by atoms with Gasteiger partial charge in [-0.25, -0.2) is 4.98 Å².